The fraction of sp³-hybridized carbons (Fsp3) is 0.250. The Labute approximate surface area is 146 Å². The van der Waals surface area contributed by atoms with Crippen LogP contribution < -0.4 is 5.32 Å². The molecular formula is C16H15NO7S. The van der Waals surface area contributed by atoms with Crippen molar-refractivity contribution in [2.45, 2.75) is 13.0 Å². The smallest absolute Gasteiger partial charge is 0.327 e. The van der Waals surface area contributed by atoms with E-state index >= 15 is 0 Å². The van der Waals surface area contributed by atoms with Crippen LogP contribution in [0.15, 0.2) is 23.8 Å². The Morgan fingerprint density at radius 3 is 2.48 bits per heavy atom. The molecule has 1 aliphatic carbocycles. The van der Waals surface area contributed by atoms with Gasteiger partial charge >= 0.3 is 5.97 Å². The van der Waals surface area contributed by atoms with Crippen LogP contribution in [0.3, 0.4) is 0 Å². The molecule has 0 spiro atoms. The number of carbonyl (C=O) groups excluding carboxylic acids is 3. The largest absolute Gasteiger partial charge is 0.507 e. The second-order valence-corrected chi connectivity index (χ2v) is 6.32. The number of nitrogens with one attached hydrogen (secondary N) is 1. The number of aliphatic carboxylic acids is 1. The first-order valence-electron chi connectivity index (χ1n) is 7.15. The molecular weight excluding hydrogens is 350 g/mol. The van der Waals surface area contributed by atoms with Crippen LogP contribution in [0.2, 0.25) is 0 Å². The number of hydrogen-bond donors (Lipinski definition) is 4. The molecule has 8 nitrogen and oxygen atoms in total. The number of amides is 1. The molecule has 0 saturated carbocycles. The molecule has 1 aromatic carbocycles. The van der Waals surface area contributed by atoms with Gasteiger partial charge in [-0.3, -0.25) is 14.4 Å². The number of carboxylic acid groups (broad SMARTS) is 1. The van der Waals surface area contributed by atoms with Crippen LogP contribution in [0, 0.1) is 0 Å². The van der Waals surface area contributed by atoms with Gasteiger partial charge in [0.25, 0.3) is 0 Å². The SMILES string of the molecule is CC(=O)N[C@@H](CSCC1=C(O)c2c(O)cccc2C(=O)C1=O)C(=O)O. The van der Waals surface area contributed by atoms with E-state index in [-0.39, 0.29) is 34.0 Å². The van der Waals surface area contributed by atoms with Crippen LogP contribution in [0.5, 0.6) is 5.75 Å². The average molecular weight is 365 g/mol. The van der Waals surface area contributed by atoms with E-state index in [0.717, 1.165) is 11.8 Å². The predicted molar refractivity (Wildman–Crippen MR) is 89.6 cm³/mol. The Balaban J connectivity index is 2.21. The molecule has 25 heavy (non-hydrogen) atoms. The molecule has 1 aromatic rings. The minimum Gasteiger partial charge on any atom is -0.507 e. The van der Waals surface area contributed by atoms with E-state index in [0.29, 0.717) is 0 Å². The molecule has 0 aliphatic heterocycles. The number of aliphatic hydroxyl groups is 1. The standard InChI is InChI=1S/C16H15NO7S/c1-7(18)17-10(16(23)24)6-25-5-9-13(20)12-8(14(21)15(9)22)3-2-4-11(12)19/h2-4,10,19-20H,5-6H2,1H3,(H,17,18)(H,23,24)/t10-/m0/s1. The van der Waals surface area contributed by atoms with E-state index in [9.17, 15) is 29.4 Å². The van der Waals surface area contributed by atoms with Crippen LogP contribution >= 0.6 is 11.8 Å². The maximum atomic E-state index is 12.1. The Morgan fingerprint density at radius 2 is 1.88 bits per heavy atom. The second kappa shape index (κ2) is 7.39. The summed E-state index contributed by atoms with van der Waals surface area (Å²) in [6, 6.07) is 2.82. The summed E-state index contributed by atoms with van der Waals surface area (Å²) >= 11 is 0.960. The van der Waals surface area contributed by atoms with Crippen LogP contribution in [-0.2, 0) is 14.4 Å². The van der Waals surface area contributed by atoms with Gasteiger partial charge in [0.05, 0.1) is 11.1 Å². The van der Waals surface area contributed by atoms with Gasteiger partial charge in [0, 0.05) is 24.0 Å². The second-order valence-electron chi connectivity index (χ2n) is 5.29. The Morgan fingerprint density at radius 1 is 1.20 bits per heavy atom. The predicted octanol–water partition coefficient (Wildman–Crippen LogP) is 0.749. The van der Waals surface area contributed by atoms with Crippen molar-refractivity contribution < 1.29 is 34.5 Å². The fourth-order valence-corrected chi connectivity index (χ4v) is 3.38. The van der Waals surface area contributed by atoms with Gasteiger partial charge in [0.15, 0.2) is 0 Å². The molecule has 2 rings (SSSR count). The molecule has 0 radical (unpaired) electrons. The number of carboxylic acids is 1. The number of hydrogen-bond acceptors (Lipinski definition) is 7. The monoisotopic (exact) mass is 365 g/mol. The van der Waals surface area contributed by atoms with Gasteiger partial charge in [0.2, 0.25) is 17.5 Å². The Bertz CT molecular complexity index is 800. The molecule has 4 N–H and O–H groups in total. The third-order valence-electron chi connectivity index (χ3n) is 3.50. The molecule has 0 aromatic heterocycles. The van der Waals surface area contributed by atoms with Crippen LogP contribution in [-0.4, -0.2) is 56.3 Å². The van der Waals surface area contributed by atoms with E-state index in [1.54, 1.807) is 0 Å². The van der Waals surface area contributed by atoms with Gasteiger partial charge in [-0.05, 0) is 12.1 Å². The number of carbonyl (C=O) groups is 4. The van der Waals surface area contributed by atoms with Crippen molar-refractivity contribution in [2.24, 2.45) is 0 Å². The molecule has 0 bridgehead atoms. The number of phenolic OH excluding ortho intramolecular Hbond substituents is 1. The third-order valence-corrected chi connectivity index (χ3v) is 4.56. The van der Waals surface area contributed by atoms with Crippen LogP contribution in [0.25, 0.3) is 5.76 Å². The zero-order valence-corrected chi connectivity index (χ0v) is 13.9. The van der Waals surface area contributed by atoms with Gasteiger partial charge in [-0.25, -0.2) is 4.79 Å². The minimum absolute atomic E-state index is 0.0687. The van der Waals surface area contributed by atoms with Gasteiger partial charge < -0.3 is 20.6 Å². The van der Waals surface area contributed by atoms with E-state index in [1.807, 2.05) is 0 Å². The first-order valence-corrected chi connectivity index (χ1v) is 8.30. The van der Waals surface area contributed by atoms with Crippen molar-refractivity contribution in [3.8, 4) is 5.75 Å². The number of aliphatic hydroxyl groups excluding tert-OH is 1. The van der Waals surface area contributed by atoms with E-state index in [2.05, 4.69) is 5.32 Å². The summed E-state index contributed by atoms with van der Waals surface area (Å²) in [5, 5.41) is 31.4. The maximum Gasteiger partial charge on any atom is 0.327 e. The summed E-state index contributed by atoms with van der Waals surface area (Å²) < 4.78 is 0. The molecule has 1 atom stereocenters. The lowest BCUT2D eigenvalue weighted by molar-refractivity contribution is -0.140. The maximum absolute atomic E-state index is 12.1. The quantitative estimate of drug-likeness (QED) is 0.541. The highest BCUT2D eigenvalue weighted by molar-refractivity contribution is 7.99. The molecule has 132 valence electrons. The van der Waals surface area contributed by atoms with Gasteiger partial charge in [-0.2, -0.15) is 11.8 Å². The minimum atomic E-state index is -1.24. The highest BCUT2D eigenvalue weighted by Crippen LogP contribution is 2.35. The first-order chi connectivity index (χ1) is 11.7. The van der Waals surface area contributed by atoms with Crippen LogP contribution in [0.4, 0.5) is 0 Å². The Kier molecular flexibility index (Phi) is 5.48. The normalized spacial score (nSPS) is 14.9. The first kappa shape index (κ1) is 18.5. The number of ketones is 2. The molecule has 0 heterocycles. The number of fused-ring (bicyclic) bond motifs is 1. The van der Waals surface area contributed by atoms with Crippen molar-refractivity contribution in [3.05, 3.63) is 34.9 Å². The summed E-state index contributed by atoms with van der Waals surface area (Å²) in [4.78, 5) is 46.3. The highest BCUT2D eigenvalue weighted by atomic mass is 32.2. The molecule has 0 saturated heterocycles. The van der Waals surface area contributed by atoms with Crippen molar-refractivity contribution in [1.82, 2.24) is 5.32 Å². The van der Waals surface area contributed by atoms with Crippen molar-refractivity contribution in [3.63, 3.8) is 0 Å². The van der Waals surface area contributed by atoms with E-state index in [1.165, 1.54) is 25.1 Å². The summed E-state index contributed by atoms with van der Waals surface area (Å²) in [6.07, 6.45) is 0. The zero-order chi connectivity index (χ0) is 18.7. The lowest BCUT2D eigenvalue weighted by Crippen LogP contribution is -2.41. The van der Waals surface area contributed by atoms with Crippen molar-refractivity contribution >= 4 is 41.0 Å². The zero-order valence-electron chi connectivity index (χ0n) is 13.1. The highest BCUT2D eigenvalue weighted by Gasteiger charge is 2.34. The summed E-state index contributed by atoms with van der Waals surface area (Å²) in [5.41, 5.74) is -0.409. The summed E-state index contributed by atoms with van der Waals surface area (Å²) in [7, 11) is 0. The van der Waals surface area contributed by atoms with Gasteiger partial charge in [-0.1, -0.05) is 6.07 Å². The molecule has 9 heteroatoms. The number of rotatable bonds is 6. The number of aromatic hydroxyl groups is 1. The average Bonchev–Trinajstić information content (AvgIpc) is 2.54. The molecule has 1 amide bonds. The van der Waals surface area contributed by atoms with Crippen molar-refractivity contribution in [2.75, 3.05) is 11.5 Å². The number of phenols is 1. The summed E-state index contributed by atoms with van der Waals surface area (Å²) in [6.45, 7) is 1.18. The lowest BCUT2D eigenvalue weighted by atomic mass is 9.88. The lowest BCUT2D eigenvalue weighted by Gasteiger charge is -2.19. The van der Waals surface area contributed by atoms with Crippen molar-refractivity contribution in [1.29, 1.82) is 0 Å². The third kappa shape index (κ3) is 3.82. The Hall–Kier alpha value is -2.81. The van der Waals surface area contributed by atoms with E-state index in [4.69, 9.17) is 5.11 Å². The van der Waals surface area contributed by atoms with Gasteiger partial charge in [-0.15, -0.1) is 0 Å². The van der Waals surface area contributed by atoms with Crippen LogP contribution in [0.1, 0.15) is 22.8 Å². The van der Waals surface area contributed by atoms with Gasteiger partial charge in [0.1, 0.15) is 17.6 Å². The molecule has 0 fully saturated rings. The summed E-state index contributed by atoms with van der Waals surface area (Å²) in [5.74, 6) is -4.57. The molecule has 1 aliphatic rings. The van der Waals surface area contributed by atoms with E-state index < -0.39 is 35.2 Å². The fourth-order valence-electron chi connectivity index (χ4n) is 2.33. The molecule has 0 unspecified atom stereocenters. The topological polar surface area (TPSA) is 141 Å². The number of benzene rings is 1. The number of Topliss-reactive ketones (excluding diaryl/α,β-unsaturated/α-hetero) is 2. The number of thioether (sulfide) groups is 1.